The monoisotopic (exact) mass is 377 g/mol. The summed E-state index contributed by atoms with van der Waals surface area (Å²) in [5.41, 5.74) is 1.63. The molecule has 6 nitrogen and oxygen atoms in total. The normalized spacial score (nSPS) is 11.3. The number of aromatic nitrogens is 2. The molecule has 0 unspecified atom stereocenters. The van der Waals surface area contributed by atoms with Crippen molar-refractivity contribution in [1.82, 2.24) is 9.78 Å². The minimum absolute atomic E-state index is 0.0465. The number of rotatable bonds is 7. The lowest BCUT2D eigenvalue weighted by atomic mass is 10.1. The molecule has 0 radical (unpaired) electrons. The van der Waals surface area contributed by atoms with Gasteiger partial charge in [0.15, 0.2) is 0 Å². The summed E-state index contributed by atoms with van der Waals surface area (Å²) in [6.07, 6.45) is 1.35. The van der Waals surface area contributed by atoms with Crippen LogP contribution in [0.5, 0.6) is 0 Å². The number of nitrogens with zero attached hydrogens (tertiary/aromatic N) is 3. The number of halogens is 2. The standard InChI is InChI=1S/C18H17ClFN3O3/c1-12-16(9-14(10-21)18(24)26-8-7-25-2)17(19)23(22-12)11-13-3-5-15(20)6-4-13/h3-6,9H,7-8,11H2,1-2H3/b14-9+. The average Bonchev–Trinajstić information content (AvgIpc) is 2.88. The largest absolute Gasteiger partial charge is 0.459 e. The predicted molar refractivity (Wildman–Crippen MR) is 93.9 cm³/mol. The van der Waals surface area contributed by atoms with E-state index in [0.29, 0.717) is 17.8 Å². The van der Waals surface area contributed by atoms with Crippen LogP contribution in [0.25, 0.3) is 6.08 Å². The molecule has 0 atom stereocenters. The molecule has 0 saturated heterocycles. The number of methoxy groups -OCH3 is 1. The number of hydrogen-bond donors (Lipinski definition) is 0. The van der Waals surface area contributed by atoms with Crippen molar-refractivity contribution < 1.29 is 18.7 Å². The molecule has 0 aliphatic rings. The number of hydrogen-bond acceptors (Lipinski definition) is 5. The Kier molecular flexibility index (Phi) is 6.89. The molecule has 1 aromatic heterocycles. The molecule has 0 spiro atoms. The lowest BCUT2D eigenvalue weighted by molar-refractivity contribution is -0.139. The van der Waals surface area contributed by atoms with Crippen LogP contribution in [0, 0.1) is 24.1 Å². The predicted octanol–water partition coefficient (Wildman–Crippen LogP) is 3.13. The van der Waals surface area contributed by atoms with Crippen LogP contribution in [-0.4, -0.2) is 36.1 Å². The van der Waals surface area contributed by atoms with Crippen LogP contribution in [0.2, 0.25) is 5.15 Å². The van der Waals surface area contributed by atoms with Crippen molar-refractivity contribution in [2.24, 2.45) is 0 Å². The van der Waals surface area contributed by atoms with Gasteiger partial charge < -0.3 is 9.47 Å². The molecule has 8 heteroatoms. The smallest absolute Gasteiger partial charge is 0.348 e. The molecule has 0 bridgehead atoms. The summed E-state index contributed by atoms with van der Waals surface area (Å²) in [5.74, 6) is -1.09. The van der Waals surface area contributed by atoms with Gasteiger partial charge in [0.1, 0.15) is 29.2 Å². The molecule has 1 aromatic carbocycles. The number of ether oxygens (including phenoxy) is 2. The number of carbonyl (C=O) groups excluding carboxylic acids is 1. The second kappa shape index (κ2) is 9.13. The highest BCUT2D eigenvalue weighted by Crippen LogP contribution is 2.24. The minimum atomic E-state index is -0.758. The third-order valence-electron chi connectivity index (χ3n) is 3.50. The Balaban J connectivity index is 2.23. The molecule has 2 rings (SSSR count). The minimum Gasteiger partial charge on any atom is -0.459 e. The molecule has 0 aliphatic heterocycles. The first-order chi connectivity index (χ1) is 12.5. The quantitative estimate of drug-likeness (QED) is 0.320. The summed E-state index contributed by atoms with van der Waals surface area (Å²) in [6.45, 7) is 2.32. The fourth-order valence-corrected chi connectivity index (χ4v) is 2.46. The van der Waals surface area contributed by atoms with Crippen LogP contribution in [-0.2, 0) is 20.8 Å². The molecule has 0 fully saturated rings. The molecule has 136 valence electrons. The fourth-order valence-electron chi connectivity index (χ4n) is 2.18. The van der Waals surface area contributed by atoms with E-state index in [1.165, 1.54) is 30.0 Å². The van der Waals surface area contributed by atoms with E-state index in [1.807, 2.05) is 0 Å². The molecule has 26 heavy (non-hydrogen) atoms. The average molecular weight is 378 g/mol. The summed E-state index contributed by atoms with van der Waals surface area (Å²) >= 11 is 6.34. The van der Waals surface area contributed by atoms with Crippen molar-refractivity contribution in [1.29, 1.82) is 5.26 Å². The van der Waals surface area contributed by atoms with E-state index in [1.54, 1.807) is 25.1 Å². The Labute approximate surface area is 155 Å². The van der Waals surface area contributed by atoms with Crippen LogP contribution >= 0.6 is 11.6 Å². The maximum atomic E-state index is 13.0. The molecule has 1 heterocycles. The second-order valence-corrected chi connectivity index (χ2v) is 5.73. The Morgan fingerprint density at radius 2 is 2.08 bits per heavy atom. The lowest BCUT2D eigenvalue weighted by Gasteiger charge is -2.04. The molecule has 0 N–H and O–H groups in total. The van der Waals surface area contributed by atoms with Gasteiger partial charge in [-0.1, -0.05) is 23.7 Å². The highest BCUT2D eigenvalue weighted by atomic mass is 35.5. The number of aryl methyl sites for hydroxylation is 1. The van der Waals surface area contributed by atoms with Gasteiger partial charge in [-0.15, -0.1) is 0 Å². The first kappa shape index (κ1) is 19.6. The van der Waals surface area contributed by atoms with Gasteiger partial charge in [0.25, 0.3) is 0 Å². The van der Waals surface area contributed by atoms with Gasteiger partial charge in [0.05, 0.1) is 18.8 Å². The van der Waals surface area contributed by atoms with Crippen molar-refractivity contribution in [2.45, 2.75) is 13.5 Å². The lowest BCUT2D eigenvalue weighted by Crippen LogP contribution is -2.11. The SMILES string of the molecule is COCCOC(=O)/C(C#N)=C/c1c(C)nn(Cc2ccc(F)cc2)c1Cl. The van der Waals surface area contributed by atoms with Gasteiger partial charge in [0, 0.05) is 12.7 Å². The van der Waals surface area contributed by atoms with Gasteiger partial charge in [-0.05, 0) is 30.7 Å². The second-order valence-electron chi connectivity index (χ2n) is 5.37. The summed E-state index contributed by atoms with van der Waals surface area (Å²) < 4.78 is 24.3. The zero-order valence-corrected chi connectivity index (χ0v) is 15.1. The first-order valence-electron chi connectivity index (χ1n) is 7.71. The van der Waals surface area contributed by atoms with Crippen molar-refractivity contribution in [3.63, 3.8) is 0 Å². The van der Waals surface area contributed by atoms with Gasteiger partial charge in [-0.3, -0.25) is 0 Å². The van der Waals surface area contributed by atoms with Crippen LogP contribution in [0.3, 0.4) is 0 Å². The maximum absolute atomic E-state index is 13.0. The summed E-state index contributed by atoms with van der Waals surface area (Å²) in [5, 5.41) is 13.8. The summed E-state index contributed by atoms with van der Waals surface area (Å²) in [6, 6.07) is 7.77. The number of carbonyl (C=O) groups is 1. The van der Waals surface area contributed by atoms with E-state index in [9.17, 15) is 14.4 Å². The van der Waals surface area contributed by atoms with Gasteiger partial charge in [-0.25, -0.2) is 13.9 Å². The van der Waals surface area contributed by atoms with Crippen LogP contribution in [0.1, 0.15) is 16.8 Å². The van der Waals surface area contributed by atoms with Gasteiger partial charge in [0.2, 0.25) is 0 Å². The molecule has 0 saturated carbocycles. The molecule has 0 aliphatic carbocycles. The number of nitriles is 1. The molecule has 0 amide bonds. The summed E-state index contributed by atoms with van der Waals surface area (Å²) in [4.78, 5) is 11.9. The molecule has 2 aromatic rings. The Morgan fingerprint density at radius 3 is 2.69 bits per heavy atom. The topological polar surface area (TPSA) is 77.1 Å². The number of esters is 1. The van der Waals surface area contributed by atoms with E-state index in [2.05, 4.69) is 5.10 Å². The van der Waals surface area contributed by atoms with Crippen molar-refractivity contribution in [2.75, 3.05) is 20.3 Å². The zero-order chi connectivity index (χ0) is 19.1. The highest BCUT2D eigenvalue weighted by molar-refractivity contribution is 6.31. The third kappa shape index (κ3) is 4.91. The van der Waals surface area contributed by atoms with Crippen LogP contribution in [0.4, 0.5) is 4.39 Å². The van der Waals surface area contributed by atoms with Crippen molar-refractivity contribution in [3.05, 3.63) is 57.6 Å². The maximum Gasteiger partial charge on any atom is 0.348 e. The fraction of sp³-hybridized carbons (Fsp3) is 0.278. The molecular formula is C18H17ClFN3O3. The molecular weight excluding hydrogens is 361 g/mol. The Hall–Kier alpha value is -2.69. The van der Waals surface area contributed by atoms with Gasteiger partial charge in [-0.2, -0.15) is 10.4 Å². The van der Waals surface area contributed by atoms with E-state index in [-0.39, 0.29) is 29.8 Å². The zero-order valence-electron chi connectivity index (χ0n) is 14.3. The van der Waals surface area contributed by atoms with Crippen LogP contribution < -0.4 is 0 Å². The first-order valence-corrected chi connectivity index (χ1v) is 8.09. The van der Waals surface area contributed by atoms with Crippen LogP contribution in [0.15, 0.2) is 29.8 Å². The van der Waals surface area contributed by atoms with Crippen molar-refractivity contribution in [3.8, 4) is 6.07 Å². The van der Waals surface area contributed by atoms with Crippen molar-refractivity contribution >= 4 is 23.6 Å². The Morgan fingerprint density at radius 1 is 1.38 bits per heavy atom. The highest BCUT2D eigenvalue weighted by Gasteiger charge is 2.17. The third-order valence-corrected chi connectivity index (χ3v) is 3.90. The number of benzene rings is 1. The van der Waals surface area contributed by atoms with E-state index in [4.69, 9.17) is 21.1 Å². The van der Waals surface area contributed by atoms with E-state index >= 15 is 0 Å². The Bertz CT molecular complexity index is 854. The summed E-state index contributed by atoms with van der Waals surface area (Å²) in [7, 11) is 1.48. The van der Waals surface area contributed by atoms with E-state index < -0.39 is 5.97 Å². The van der Waals surface area contributed by atoms with E-state index in [0.717, 1.165) is 5.56 Å². The van der Waals surface area contributed by atoms with Gasteiger partial charge >= 0.3 is 5.97 Å².